The standard InChI is InChI=1S/C15H20Cl2N2O/c1-10(12-5-4-11(16)8-13(12)17)19-14(20)15(2)6-3-7-18-9-15/h4-5,8,10,18H,3,6-7,9H2,1-2H3,(H,19,20). The van der Waals surface area contributed by atoms with Crippen molar-refractivity contribution in [2.45, 2.75) is 32.7 Å². The molecule has 1 saturated heterocycles. The molecule has 0 aromatic heterocycles. The monoisotopic (exact) mass is 314 g/mol. The molecule has 0 aliphatic carbocycles. The summed E-state index contributed by atoms with van der Waals surface area (Å²) >= 11 is 12.1. The normalized spacial score (nSPS) is 24.2. The summed E-state index contributed by atoms with van der Waals surface area (Å²) in [4.78, 5) is 12.5. The van der Waals surface area contributed by atoms with E-state index in [9.17, 15) is 4.79 Å². The van der Waals surface area contributed by atoms with Gasteiger partial charge in [-0.15, -0.1) is 0 Å². The number of carbonyl (C=O) groups is 1. The van der Waals surface area contributed by atoms with E-state index >= 15 is 0 Å². The first kappa shape index (κ1) is 15.6. The molecule has 1 heterocycles. The molecule has 3 nitrogen and oxygen atoms in total. The predicted octanol–water partition coefficient (Wildman–Crippen LogP) is 3.56. The minimum absolute atomic E-state index is 0.0724. The van der Waals surface area contributed by atoms with E-state index in [1.54, 1.807) is 12.1 Å². The summed E-state index contributed by atoms with van der Waals surface area (Å²) in [5.74, 6) is 0.0724. The number of hydrogen-bond donors (Lipinski definition) is 2. The molecule has 2 unspecified atom stereocenters. The zero-order chi connectivity index (χ0) is 14.8. The summed E-state index contributed by atoms with van der Waals surface area (Å²) < 4.78 is 0. The van der Waals surface area contributed by atoms with Crippen molar-refractivity contribution >= 4 is 29.1 Å². The summed E-state index contributed by atoms with van der Waals surface area (Å²) in [5, 5.41) is 7.52. The van der Waals surface area contributed by atoms with Crippen LogP contribution in [0, 0.1) is 5.41 Å². The van der Waals surface area contributed by atoms with E-state index < -0.39 is 0 Å². The zero-order valence-electron chi connectivity index (χ0n) is 11.8. The fraction of sp³-hybridized carbons (Fsp3) is 0.533. The Bertz CT molecular complexity index is 499. The molecular weight excluding hydrogens is 295 g/mol. The van der Waals surface area contributed by atoms with Gasteiger partial charge in [-0.3, -0.25) is 4.79 Å². The topological polar surface area (TPSA) is 41.1 Å². The summed E-state index contributed by atoms with van der Waals surface area (Å²) in [6.07, 6.45) is 1.94. The first-order chi connectivity index (χ1) is 9.42. The largest absolute Gasteiger partial charge is 0.349 e. The molecule has 1 aromatic rings. The molecule has 2 N–H and O–H groups in total. The van der Waals surface area contributed by atoms with Crippen molar-refractivity contribution in [3.63, 3.8) is 0 Å². The molecule has 1 aliphatic heterocycles. The van der Waals surface area contributed by atoms with Crippen LogP contribution in [0.3, 0.4) is 0 Å². The predicted molar refractivity (Wildman–Crippen MR) is 83.2 cm³/mol. The summed E-state index contributed by atoms with van der Waals surface area (Å²) in [7, 11) is 0. The van der Waals surface area contributed by atoms with Crippen LogP contribution < -0.4 is 10.6 Å². The molecule has 20 heavy (non-hydrogen) atoms. The lowest BCUT2D eigenvalue weighted by atomic mass is 9.81. The Balaban J connectivity index is 2.07. The molecule has 0 saturated carbocycles. The molecular formula is C15H20Cl2N2O. The van der Waals surface area contributed by atoms with E-state index in [1.165, 1.54) is 0 Å². The highest BCUT2D eigenvalue weighted by Gasteiger charge is 2.35. The van der Waals surface area contributed by atoms with Gasteiger partial charge in [0.2, 0.25) is 5.91 Å². The minimum atomic E-state index is -0.342. The lowest BCUT2D eigenvalue weighted by molar-refractivity contribution is -0.131. The van der Waals surface area contributed by atoms with E-state index in [0.29, 0.717) is 10.0 Å². The molecule has 0 radical (unpaired) electrons. The Morgan fingerprint density at radius 3 is 2.80 bits per heavy atom. The molecule has 1 amide bonds. The highest BCUT2D eigenvalue weighted by molar-refractivity contribution is 6.35. The maximum absolute atomic E-state index is 12.5. The van der Waals surface area contributed by atoms with Crippen molar-refractivity contribution in [3.8, 4) is 0 Å². The fourth-order valence-corrected chi connectivity index (χ4v) is 3.12. The van der Waals surface area contributed by atoms with Crippen LogP contribution in [0.25, 0.3) is 0 Å². The molecule has 0 spiro atoms. The molecule has 0 bridgehead atoms. The van der Waals surface area contributed by atoms with Gasteiger partial charge in [-0.1, -0.05) is 29.3 Å². The minimum Gasteiger partial charge on any atom is -0.349 e. The second-order valence-corrected chi connectivity index (χ2v) is 6.55. The molecule has 1 aromatic carbocycles. The van der Waals surface area contributed by atoms with E-state index in [1.807, 2.05) is 19.9 Å². The van der Waals surface area contributed by atoms with Crippen molar-refractivity contribution in [2.24, 2.45) is 5.41 Å². The van der Waals surface area contributed by atoms with Crippen molar-refractivity contribution in [3.05, 3.63) is 33.8 Å². The van der Waals surface area contributed by atoms with Gasteiger partial charge in [0.25, 0.3) is 0 Å². The Kier molecular flexibility index (Phi) is 4.95. The number of carbonyl (C=O) groups excluding carboxylic acids is 1. The van der Waals surface area contributed by atoms with E-state index in [0.717, 1.165) is 31.5 Å². The summed E-state index contributed by atoms with van der Waals surface area (Å²) in [6.45, 7) is 5.65. The molecule has 2 rings (SSSR count). The Labute approximate surface area is 130 Å². The third-order valence-corrected chi connectivity index (χ3v) is 4.48. The average Bonchev–Trinajstić information content (AvgIpc) is 2.39. The maximum atomic E-state index is 12.5. The Morgan fingerprint density at radius 2 is 2.20 bits per heavy atom. The molecule has 1 aliphatic rings. The maximum Gasteiger partial charge on any atom is 0.227 e. The SMILES string of the molecule is CC(NC(=O)C1(C)CCCNC1)c1ccc(Cl)cc1Cl. The van der Waals surface area contributed by atoms with Crippen LogP contribution in [0.2, 0.25) is 10.0 Å². The van der Waals surface area contributed by atoms with Crippen LogP contribution in [0.1, 0.15) is 38.3 Å². The number of benzene rings is 1. The van der Waals surface area contributed by atoms with Crippen LogP contribution in [-0.2, 0) is 4.79 Å². The smallest absolute Gasteiger partial charge is 0.227 e. The van der Waals surface area contributed by atoms with E-state index in [-0.39, 0.29) is 17.4 Å². The van der Waals surface area contributed by atoms with Crippen molar-refractivity contribution in [1.29, 1.82) is 0 Å². The number of hydrogen-bond acceptors (Lipinski definition) is 2. The first-order valence-corrected chi connectivity index (χ1v) is 7.64. The van der Waals surface area contributed by atoms with Gasteiger partial charge in [0.1, 0.15) is 0 Å². The Hall–Kier alpha value is -0.770. The van der Waals surface area contributed by atoms with Gasteiger partial charge in [0.05, 0.1) is 11.5 Å². The lowest BCUT2D eigenvalue weighted by Crippen LogP contribution is -2.49. The molecule has 2 atom stereocenters. The number of nitrogens with one attached hydrogen (secondary N) is 2. The van der Waals surface area contributed by atoms with Crippen LogP contribution in [-0.4, -0.2) is 19.0 Å². The lowest BCUT2D eigenvalue weighted by Gasteiger charge is -2.33. The van der Waals surface area contributed by atoms with Crippen LogP contribution in [0.4, 0.5) is 0 Å². The third kappa shape index (κ3) is 3.46. The highest BCUT2D eigenvalue weighted by Crippen LogP contribution is 2.29. The van der Waals surface area contributed by atoms with Crippen molar-refractivity contribution < 1.29 is 4.79 Å². The van der Waals surface area contributed by atoms with E-state index in [4.69, 9.17) is 23.2 Å². The van der Waals surface area contributed by atoms with Gasteiger partial charge in [-0.2, -0.15) is 0 Å². The first-order valence-electron chi connectivity index (χ1n) is 6.89. The van der Waals surface area contributed by atoms with Gasteiger partial charge < -0.3 is 10.6 Å². The second kappa shape index (κ2) is 6.33. The van der Waals surface area contributed by atoms with Gasteiger partial charge in [0.15, 0.2) is 0 Å². The number of halogens is 2. The third-order valence-electron chi connectivity index (χ3n) is 3.92. The number of amides is 1. The Morgan fingerprint density at radius 1 is 1.45 bits per heavy atom. The average molecular weight is 315 g/mol. The van der Waals surface area contributed by atoms with Crippen molar-refractivity contribution in [1.82, 2.24) is 10.6 Å². The van der Waals surface area contributed by atoms with Gasteiger partial charge >= 0.3 is 0 Å². The van der Waals surface area contributed by atoms with Crippen LogP contribution >= 0.6 is 23.2 Å². The quantitative estimate of drug-likeness (QED) is 0.895. The van der Waals surface area contributed by atoms with Crippen LogP contribution in [0.5, 0.6) is 0 Å². The van der Waals surface area contributed by atoms with Gasteiger partial charge in [0, 0.05) is 16.6 Å². The zero-order valence-corrected chi connectivity index (χ0v) is 13.3. The molecule has 5 heteroatoms. The summed E-state index contributed by atoms with van der Waals surface area (Å²) in [6, 6.07) is 5.21. The van der Waals surface area contributed by atoms with Crippen molar-refractivity contribution in [2.75, 3.05) is 13.1 Å². The number of rotatable bonds is 3. The van der Waals surface area contributed by atoms with Gasteiger partial charge in [-0.05, 0) is 50.9 Å². The molecule has 110 valence electrons. The summed E-state index contributed by atoms with van der Waals surface area (Å²) in [5.41, 5.74) is 0.544. The fourth-order valence-electron chi connectivity index (χ4n) is 2.55. The van der Waals surface area contributed by atoms with Gasteiger partial charge in [-0.25, -0.2) is 0 Å². The van der Waals surface area contributed by atoms with Crippen LogP contribution in [0.15, 0.2) is 18.2 Å². The second-order valence-electron chi connectivity index (χ2n) is 5.70. The number of piperidine rings is 1. The molecule has 1 fully saturated rings. The van der Waals surface area contributed by atoms with E-state index in [2.05, 4.69) is 10.6 Å². The highest BCUT2D eigenvalue weighted by atomic mass is 35.5.